The SMILES string of the molecule is CCC(C)(C)OC(=O)OC(C)(C)C(C)(C)C(C)(C)C. The molecule has 0 heterocycles. The monoisotopic (exact) mass is 272 g/mol. The lowest BCUT2D eigenvalue weighted by atomic mass is 9.61. The maximum atomic E-state index is 12.0. The molecule has 0 rings (SSSR count). The molecule has 0 N–H and O–H groups in total. The first-order valence-corrected chi connectivity index (χ1v) is 7.08. The molecule has 19 heavy (non-hydrogen) atoms. The van der Waals surface area contributed by atoms with Crippen molar-refractivity contribution in [2.45, 2.75) is 86.9 Å². The van der Waals surface area contributed by atoms with Gasteiger partial charge in [0.1, 0.15) is 11.2 Å². The fourth-order valence-electron chi connectivity index (χ4n) is 1.56. The van der Waals surface area contributed by atoms with E-state index in [0.29, 0.717) is 0 Å². The van der Waals surface area contributed by atoms with Crippen LogP contribution in [0.4, 0.5) is 4.79 Å². The molecular weight excluding hydrogens is 240 g/mol. The summed E-state index contributed by atoms with van der Waals surface area (Å²) in [6.07, 6.45) is 0.166. The van der Waals surface area contributed by atoms with Gasteiger partial charge < -0.3 is 9.47 Å². The smallest absolute Gasteiger partial charge is 0.428 e. The van der Waals surface area contributed by atoms with Crippen LogP contribution in [-0.2, 0) is 9.47 Å². The largest absolute Gasteiger partial charge is 0.509 e. The Labute approximate surface area is 119 Å². The van der Waals surface area contributed by atoms with Crippen molar-refractivity contribution in [3.8, 4) is 0 Å². The minimum Gasteiger partial charge on any atom is -0.428 e. The minimum atomic E-state index is -0.605. The molecule has 0 saturated carbocycles. The number of carbonyl (C=O) groups is 1. The lowest BCUT2D eigenvalue weighted by Gasteiger charge is -2.49. The third-order valence-electron chi connectivity index (χ3n) is 4.93. The highest BCUT2D eigenvalue weighted by atomic mass is 16.7. The molecule has 0 radical (unpaired) electrons. The number of rotatable bonds is 4. The van der Waals surface area contributed by atoms with E-state index in [-0.39, 0.29) is 10.8 Å². The second-order valence-corrected chi connectivity index (χ2v) is 7.95. The van der Waals surface area contributed by atoms with Crippen molar-refractivity contribution in [2.75, 3.05) is 0 Å². The minimum absolute atomic E-state index is 0.0110. The van der Waals surface area contributed by atoms with E-state index in [2.05, 4.69) is 34.6 Å². The second-order valence-electron chi connectivity index (χ2n) is 7.95. The molecule has 0 fully saturated rings. The van der Waals surface area contributed by atoms with Gasteiger partial charge in [-0.1, -0.05) is 41.5 Å². The van der Waals surface area contributed by atoms with Crippen molar-refractivity contribution in [1.82, 2.24) is 0 Å². The van der Waals surface area contributed by atoms with Crippen LogP contribution in [0.3, 0.4) is 0 Å². The lowest BCUT2D eigenvalue weighted by molar-refractivity contribution is -0.132. The Balaban J connectivity index is 4.93. The van der Waals surface area contributed by atoms with Crippen molar-refractivity contribution < 1.29 is 14.3 Å². The van der Waals surface area contributed by atoms with Gasteiger partial charge in [0.25, 0.3) is 0 Å². The van der Waals surface area contributed by atoms with Crippen molar-refractivity contribution in [3.05, 3.63) is 0 Å². The first-order valence-electron chi connectivity index (χ1n) is 7.08. The van der Waals surface area contributed by atoms with Crippen LogP contribution in [0.25, 0.3) is 0 Å². The van der Waals surface area contributed by atoms with Gasteiger partial charge >= 0.3 is 6.16 Å². The average molecular weight is 272 g/mol. The summed E-state index contributed by atoms with van der Waals surface area (Å²) >= 11 is 0. The van der Waals surface area contributed by atoms with Crippen LogP contribution in [0, 0.1) is 10.8 Å². The lowest BCUT2D eigenvalue weighted by Crippen LogP contribution is -2.51. The molecule has 114 valence electrons. The Morgan fingerprint density at radius 1 is 0.842 bits per heavy atom. The van der Waals surface area contributed by atoms with Gasteiger partial charge in [-0.2, -0.15) is 0 Å². The summed E-state index contributed by atoms with van der Waals surface area (Å²) in [7, 11) is 0. The van der Waals surface area contributed by atoms with Crippen LogP contribution in [0.5, 0.6) is 0 Å². The van der Waals surface area contributed by atoms with Crippen LogP contribution >= 0.6 is 0 Å². The van der Waals surface area contributed by atoms with Gasteiger partial charge in [0, 0.05) is 5.41 Å². The van der Waals surface area contributed by atoms with Gasteiger partial charge in [0.15, 0.2) is 0 Å². The van der Waals surface area contributed by atoms with Crippen LogP contribution < -0.4 is 0 Å². The third kappa shape index (κ3) is 4.39. The van der Waals surface area contributed by atoms with Crippen molar-refractivity contribution in [3.63, 3.8) is 0 Å². The molecular formula is C16H32O3. The normalized spacial score (nSPS) is 14.2. The van der Waals surface area contributed by atoms with Crippen molar-refractivity contribution >= 4 is 6.16 Å². The van der Waals surface area contributed by atoms with Gasteiger partial charge in [-0.05, 0) is 39.5 Å². The first-order chi connectivity index (χ1) is 8.16. The van der Waals surface area contributed by atoms with E-state index in [1.165, 1.54) is 0 Å². The summed E-state index contributed by atoms with van der Waals surface area (Å²) in [4.78, 5) is 12.0. The van der Waals surface area contributed by atoms with Crippen LogP contribution in [-0.4, -0.2) is 17.4 Å². The maximum absolute atomic E-state index is 12.0. The predicted molar refractivity (Wildman–Crippen MR) is 79.3 cm³/mol. The molecule has 0 saturated heterocycles. The van der Waals surface area contributed by atoms with Crippen LogP contribution in [0.15, 0.2) is 0 Å². The number of hydrogen-bond donors (Lipinski definition) is 0. The van der Waals surface area contributed by atoms with Crippen molar-refractivity contribution in [1.29, 1.82) is 0 Å². The van der Waals surface area contributed by atoms with Crippen LogP contribution in [0.2, 0.25) is 0 Å². The standard InChI is InChI=1S/C16H32O3/c1-11-14(5,6)18-12(17)19-16(9,10)15(7,8)13(2,3)4/h11H2,1-10H3. The number of ether oxygens (including phenoxy) is 2. The molecule has 0 aromatic rings. The van der Waals surface area contributed by atoms with Gasteiger partial charge in [0.05, 0.1) is 0 Å². The quantitative estimate of drug-likeness (QED) is 0.661. The third-order valence-corrected chi connectivity index (χ3v) is 4.93. The molecule has 0 amide bonds. The van der Waals surface area contributed by atoms with E-state index in [1.54, 1.807) is 0 Å². The van der Waals surface area contributed by atoms with E-state index in [4.69, 9.17) is 9.47 Å². The fourth-order valence-corrected chi connectivity index (χ4v) is 1.56. The van der Waals surface area contributed by atoms with E-state index in [0.717, 1.165) is 6.42 Å². The van der Waals surface area contributed by atoms with Crippen molar-refractivity contribution in [2.24, 2.45) is 10.8 Å². The summed E-state index contributed by atoms with van der Waals surface area (Å²) in [5.41, 5.74) is -1.27. The zero-order valence-corrected chi connectivity index (χ0v) is 14.4. The molecule has 0 aromatic carbocycles. The highest BCUT2D eigenvalue weighted by Crippen LogP contribution is 2.48. The van der Waals surface area contributed by atoms with Gasteiger partial charge in [-0.15, -0.1) is 0 Å². The maximum Gasteiger partial charge on any atom is 0.509 e. The highest BCUT2D eigenvalue weighted by Gasteiger charge is 2.48. The Morgan fingerprint density at radius 2 is 1.26 bits per heavy atom. The molecule has 3 nitrogen and oxygen atoms in total. The summed E-state index contributed by atoms with van der Waals surface area (Å²) < 4.78 is 11.0. The van der Waals surface area contributed by atoms with Crippen LogP contribution in [0.1, 0.15) is 75.7 Å². The molecule has 0 aromatic heterocycles. The van der Waals surface area contributed by atoms with E-state index < -0.39 is 17.4 Å². The van der Waals surface area contributed by atoms with E-state index >= 15 is 0 Å². The summed E-state index contributed by atoms with van der Waals surface area (Å²) in [5.74, 6) is 0. The first kappa shape index (κ1) is 18.3. The summed E-state index contributed by atoms with van der Waals surface area (Å²) in [6.45, 7) is 20.3. The van der Waals surface area contributed by atoms with Gasteiger partial charge in [0.2, 0.25) is 0 Å². The summed E-state index contributed by atoms with van der Waals surface area (Å²) in [6, 6.07) is 0. The topological polar surface area (TPSA) is 35.5 Å². The highest BCUT2D eigenvalue weighted by molar-refractivity contribution is 5.61. The summed E-state index contributed by atoms with van der Waals surface area (Å²) in [5, 5.41) is 0. The molecule has 3 heteroatoms. The molecule has 0 unspecified atom stereocenters. The Kier molecular flexibility index (Phi) is 5.13. The number of hydrogen-bond acceptors (Lipinski definition) is 3. The Hall–Kier alpha value is -0.730. The predicted octanol–water partition coefficient (Wildman–Crippen LogP) is 5.18. The molecule has 0 atom stereocenters. The average Bonchev–Trinajstić information content (AvgIpc) is 2.13. The van der Waals surface area contributed by atoms with Gasteiger partial charge in [-0.3, -0.25) is 0 Å². The van der Waals surface area contributed by atoms with E-state index in [9.17, 15) is 4.79 Å². The van der Waals surface area contributed by atoms with E-state index in [1.807, 2.05) is 34.6 Å². The molecule has 0 spiro atoms. The number of carbonyl (C=O) groups excluding carboxylic acids is 1. The molecule has 0 aliphatic heterocycles. The fraction of sp³-hybridized carbons (Fsp3) is 0.938. The zero-order chi connectivity index (χ0) is 15.7. The zero-order valence-electron chi connectivity index (χ0n) is 14.4. The Bertz CT molecular complexity index is 319. The molecule has 0 bridgehead atoms. The molecule has 0 aliphatic rings. The van der Waals surface area contributed by atoms with Gasteiger partial charge in [-0.25, -0.2) is 4.79 Å². The second kappa shape index (κ2) is 5.34. The molecule has 0 aliphatic carbocycles. The Morgan fingerprint density at radius 3 is 1.58 bits per heavy atom.